The summed E-state index contributed by atoms with van der Waals surface area (Å²) in [5.74, 6) is 0.263. The lowest BCUT2D eigenvalue weighted by molar-refractivity contribution is -0.192. The lowest BCUT2D eigenvalue weighted by atomic mass is 9.91. The molecule has 29 heavy (non-hydrogen) atoms. The van der Waals surface area contributed by atoms with E-state index in [0.29, 0.717) is 24.7 Å². The molecule has 2 fully saturated rings. The van der Waals surface area contributed by atoms with Crippen LogP contribution in [0.2, 0.25) is 0 Å². The third-order valence-corrected chi connectivity index (χ3v) is 5.29. The maximum Gasteiger partial charge on any atom is 0.490 e. The van der Waals surface area contributed by atoms with Crippen LogP contribution < -0.4 is 9.47 Å². The molecule has 0 spiro atoms. The van der Waals surface area contributed by atoms with Crippen LogP contribution in [0.25, 0.3) is 0 Å². The van der Waals surface area contributed by atoms with Crippen molar-refractivity contribution in [2.45, 2.75) is 25.2 Å². The van der Waals surface area contributed by atoms with E-state index in [1.165, 1.54) is 5.56 Å². The number of halogens is 3. The Balaban J connectivity index is 0.000000298. The number of benzene rings is 1. The molecule has 1 N–H and O–H groups in total. The normalized spacial score (nSPS) is 25.4. The largest absolute Gasteiger partial charge is 0.490 e. The molecule has 3 aliphatic rings. The number of aliphatic carboxylic acids is 1. The van der Waals surface area contributed by atoms with Crippen LogP contribution in [0.3, 0.4) is 0 Å². The first-order chi connectivity index (χ1) is 13.8. The first-order valence-electron chi connectivity index (χ1n) is 9.29. The van der Waals surface area contributed by atoms with Crippen LogP contribution in [0.15, 0.2) is 18.2 Å². The highest BCUT2D eigenvalue weighted by Gasteiger charge is 2.43. The van der Waals surface area contributed by atoms with E-state index >= 15 is 0 Å². The number of hydrogen-bond acceptors (Lipinski definition) is 6. The molecule has 0 amide bonds. The zero-order valence-corrected chi connectivity index (χ0v) is 16.0. The Hall–Kier alpha value is -2.04. The monoisotopic (exact) mass is 419 g/mol. The van der Waals surface area contributed by atoms with E-state index < -0.39 is 12.1 Å². The Labute approximate surface area is 166 Å². The van der Waals surface area contributed by atoms with Crippen molar-refractivity contribution in [3.8, 4) is 11.5 Å². The van der Waals surface area contributed by atoms with Crippen molar-refractivity contribution < 1.29 is 42.0 Å². The van der Waals surface area contributed by atoms with Gasteiger partial charge in [0.05, 0.1) is 12.7 Å². The first kappa shape index (κ1) is 21.7. The van der Waals surface area contributed by atoms with Crippen molar-refractivity contribution in [1.29, 1.82) is 0 Å². The highest BCUT2D eigenvalue weighted by atomic mass is 19.4. The van der Waals surface area contributed by atoms with Crippen LogP contribution in [0.1, 0.15) is 12.0 Å². The van der Waals surface area contributed by atoms with Crippen molar-refractivity contribution in [3.05, 3.63) is 23.8 Å². The molecule has 7 nitrogen and oxygen atoms in total. The molecular weight excluding hydrogens is 395 g/mol. The number of carbonyl (C=O) groups is 1. The van der Waals surface area contributed by atoms with E-state index in [0.717, 1.165) is 50.8 Å². The second kappa shape index (κ2) is 9.19. The summed E-state index contributed by atoms with van der Waals surface area (Å²) >= 11 is 0. The molecule has 0 aliphatic carbocycles. The minimum absolute atomic E-state index is 0.335. The summed E-state index contributed by atoms with van der Waals surface area (Å²) < 4.78 is 53.8. The molecule has 4 rings (SSSR count). The van der Waals surface area contributed by atoms with E-state index in [2.05, 4.69) is 17.0 Å². The van der Waals surface area contributed by atoms with Crippen LogP contribution in [0, 0.1) is 11.8 Å². The van der Waals surface area contributed by atoms with Gasteiger partial charge in [0, 0.05) is 39.3 Å². The molecule has 0 unspecified atom stereocenters. The average Bonchev–Trinajstić information content (AvgIpc) is 3.35. The second-order valence-electron chi connectivity index (χ2n) is 7.26. The number of nitrogens with zero attached hydrogens (tertiary/aromatic N) is 1. The van der Waals surface area contributed by atoms with Gasteiger partial charge in [0.25, 0.3) is 0 Å². The summed E-state index contributed by atoms with van der Waals surface area (Å²) in [6.45, 7) is 5.16. The topological polar surface area (TPSA) is 77.5 Å². The fraction of sp³-hybridized carbons (Fsp3) is 0.632. The van der Waals surface area contributed by atoms with Crippen molar-refractivity contribution in [2.24, 2.45) is 11.8 Å². The molecule has 10 heteroatoms. The second-order valence-corrected chi connectivity index (χ2v) is 7.26. The van der Waals surface area contributed by atoms with Crippen molar-refractivity contribution in [1.82, 2.24) is 4.90 Å². The molecule has 0 bridgehead atoms. The SMILES string of the molecule is COCC[C@H]1CO[C@H]2CN(Cc3ccc4c(c3)OCO4)C[C@@H]12.O=C(O)C(F)(F)F. The van der Waals surface area contributed by atoms with Gasteiger partial charge in [-0.1, -0.05) is 6.07 Å². The Morgan fingerprint density at radius 1 is 1.28 bits per heavy atom. The van der Waals surface area contributed by atoms with Gasteiger partial charge in [0.2, 0.25) is 6.79 Å². The van der Waals surface area contributed by atoms with E-state index in [-0.39, 0.29) is 0 Å². The van der Waals surface area contributed by atoms with Gasteiger partial charge in [-0.05, 0) is 30.0 Å². The number of alkyl halides is 3. The number of carboxylic acid groups (broad SMARTS) is 1. The number of carboxylic acids is 1. The third-order valence-electron chi connectivity index (χ3n) is 5.29. The lowest BCUT2D eigenvalue weighted by Crippen LogP contribution is -2.24. The van der Waals surface area contributed by atoms with E-state index in [9.17, 15) is 13.2 Å². The molecule has 162 valence electrons. The van der Waals surface area contributed by atoms with Gasteiger partial charge in [-0.15, -0.1) is 0 Å². The number of ether oxygens (including phenoxy) is 4. The van der Waals surface area contributed by atoms with Gasteiger partial charge in [0.1, 0.15) is 0 Å². The van der Waals surface area contributed by atoms with Gasteiger partial charge >= 0.3 is 12.1 Å². The fourth-order valence-corrected chi connectivity index (χ4v) is 3.87. The van der Waals surface area contributed by atoms with E-state index in [1.54, 1.807) is 7.11 Å². The van der Waals surface area contributed by atoms with Crippen LogP contribution in [-0.2, 0) is 20.8 Å². The number of hydrogen-bond donors (Lipinski definition) is 1. The van der Waals surface area contributed by atoms with Gasteiger partial charge in [-0.25, -0.2) is 4.79 Å². The van der Waals surface area contributed by atoms with Gasteiger partial charge in [0.15, 0.2) is 11.5 Å². The van der Waals surface area contributed by atoms with Crippen LogP contribution in [0.4, 0.5) is 13.2 Å². The zero-order valence-electron chi connectivity index (χ0n) is 16.0. The standard InChI is InChI=1S/C17H23NO4.C2HF3O2/c1-19-5-4-13-10-20-17-9-18(8-14(13)17)7-12-2-3-15-16(6-12)22-11-21-15;3-2(4,5)1(6)7/h2-3,6,13-14,17H,4-5,7-11H2,1H3;(H,6,7)/t13-,14-,17-;/m0./s1. The Kier molecular flexibility index (Phi) is 6.86. The maximum atomic E-state index is 10.6. The summed E-state index contributed by atoms with van der Waals surface area (Å²) in [7, 11) is 1.77. The predicted octanol–water partition coefficient (Wildman–Crippen LogP) is 2.53. The number of methoxy groups -OCH3 is 1. The Morgan fingerprint density at radius 3 is 2.69 bits per heavy atom. The quantitative estimate of drug-likeness (QED) is 0.786. The summed E-state index contributed by atoms with van der Waals surface area (Å²) in [5.41, 5.74) is 1.28. The third kappa shape index (κ3) is 5.52. The van der Waals surface area contributed by atoms with Gasteiger partial charge in [-0.2, -0.15) is 13.2 Å². The predicted molar refractivity (Wildman–Crippen MR) is 94.7 cm³/mol. The Morgan fingerprint density at radius 2 is 2.00 bits per heavy atom. The lowest BCUT2D eigenvalue weighted by Gasteiger charge is -2.19. The van der Waals surface area contributed by atoms with Gasteiger partial charge in [-0.3, -0.25) is 4.90 Å². The minimum atomic E-state index is -5.08. The smallest absolute Gasteiger partial charge is 0.475 e. The summed E-state index contributed by atoms with van der Waals surface area (Å²) in [5, 5.41) is 7.12. The molecular formula is C19H24F3NO6. The maximum absolute atomic E-state index is 10.6. The minimum Gasteiger partial charge on any atom is -0.475 e. The van der Waals surface area contributed by atoms with Gasteiger partial charge < -0.3 is 24.1 Å². The van der Waals surface area contributed by atoms with Crippen LogP contribution in [-0.4, -0.2) is 68.5 Å². The molecule has 0 aromatic heterocycles. The van der Waals surface area contributed by atoms with Crippen molar-refractivity contribution in [2.75, 3.05) is 40.2 Å². The number of rotatable bonds is 5. The zero-order chi connectivity index (χ0) is 21.0. The summed E-state index contributed by atoms with van der Waals surface area (Å²) in [6.07, 6.45) is -3.58. The molecule has 0 saturated carbocycles. The van der Waals surface area contributed by atoms with Crippen molar-refractivity contribution in [3.63, 3.8) is 0 Å². The van der Waals surface area contributed by atoms with E-state index in [1.807, 2.05) is 6.07 Å². The average molecular weight is 419 g/mol. The molecule has 0 radical (unpaired) electrons. The molecule has 3 aliphatic heterocycles. The summed E-state index contributed by atoms with van der Waals surface area (Å²) in [4.78, 5) is 11.4. The molecule has 3 atom stereocenters. The number of fused-ring (bicyclic) bond motifs is 2. The van der Waals surface area contributed by atoms with E-state index in [4.69, 9.17) is 28.8 Å². The summed E-state index contributed by atoms with van der Waals surface area (Å²) in [6, 6.07) is 6.23. The fourth-order valence-electron chi connectivity index (χ4n) is 3.87. The van der Waals surface area contributed by atoms with Crippen LogP contribution in [0.5, 0.6) is 11.5 Å². The molecule has 1 aromatic rings. The van der Waals surface area contributed by atoms with Crippen molar-refractivity contribution >= 4 is 5.97 Å². The number of likely N-dealkylation sites (tertiary alicyclic amines) is 1. The first-order valence-corrected chi connectivity index (χ1v) is 9.29. The molecule has 1 aromatic carbocycles. The Bertz CT molecular complexity index is 714. The van der Waals surface area contributed by atoms with Crippen LogP contribution >= 0.6 is 0 Å². The highest BCUT2D eigenvalue weighted by Crippen LogP contribution is 2.37. The highest BCUT2D eigenvalue weighted by molar-refractivity contribution is 5.73. The molecule has 3 heterocycles. The molecule has 2 saturated heterocycles.